The summed E-state index contributed by atoms with van der Waals surface area (Å²) in [6, 6.07) is 0. The summed E-state index contributed by atoms with van der Waals surface area (Å²) in [5.74, 6) is -2.83. The summed E-state index contributed by atoms with van der Waals surface area (Å²) < 4.78 is 0. The quantitative estimate of drug-likeness (QED) is 0.526. The Bertz CT molecular complexity index is 232. The minimum atomic E-state index is -2.06. The van der Waals surface area contributed by atoms with Crippen LogP contribution in [-0.4, -0.2) is 23.1 Å². The summed E-state index contributed by atoms with van der Waals surface area (Å²) in [5.41, 5.74) is -2.06. The van der Waals surface area contributed by atoms with Gasteiger partial charge in [0.25, 0.3) is 0 Å². The van der Waals surface area contributed by atoms with Crippen LogP contribution >= 0.6 is 0 Å². The van der Waals surface area contributed by atoms with Crippen molar-refractivity contribution in [2.24, 2.45) is 5.41 Å². The van der Waals surface area contributed by atoms with Crippen LogP contribution in [0.3, 0.4) is 0 Å². The molecule has 0 aromatic rings. The zero-order valence-electron chi connectivity index (χ0n) is 8.45. The Morgan fingerprint density at radius 1 is 0.643 bits per heavy atom. The molecule has 0 spiro atoms. The predicted molar refractivity (Wildman–Crippen MR) is 45.2 cm³/mol. The molecule has 0 aliphatic heterocycles. The van der Waals surface area contributed by atoms with E-state index in [4.69, 9.17) is 0 Å². The molecule has 0 aliphatic rings. The number of rotatable bonds is 4. The molecule has 0 atom stereocenters. The van der Waals surface area contributed by atoms with Crippen LogP contribution in [0.1, 0.15) is 27.7 Å². The van der Waals surface area contributed by atoms with E-state index in [9.17, 15) is 19.2 Å². The largest absolute Gasteiger partial charge is 0.298 e. The van der Waals surface area contributed by atoms with Gasteiger partial charge in [0.1, 0.15) is 0 Å². The molecule has 0 aromatic heterocycles. The first kappa shape index (κ1) is 15.6. The Labute approximate surface area is 92.4 Å². The third-order valence-electron chi connectivity index (χ3n) is 2.11. The number of ketones is 4. The Hall–Kier alpha value is -0.826. The normalized spacial score (nSPS) is 10.0. The van der Waals surface area contributed by atoms with E-state index in [1.54, 1.807) is 0 Å². The average Bonchev–Trinajstić information content (AvgIpc) is 1.82. The first-order valence-electron chi connectivity index (χ1n) is 3.82. The molecule has 0 amide bonds. The summed E-state index contributed by atoms with van der Waals surface area (Å²) in [7, 11) is 0. The van der Waals surface area contributed by atoms with Crippen LogP contribution in [-0.2, 0) is 35.7 Å². The van der Waals surface area contributed by atoms with Crippen molar-refractivity contribution in [1.82, 2.24) is 0 Å². The van der Waals surface area contributed by atoms with Gasteiger partial charge in [-0.15, -0.1) is 0 Å². The van der Waals surface area contributed by atoms with Crippen molar-refractivity contribution in [2.45, 2.75) is 27.7 Å². The predicted octanol–water partition coefficient (Wildman–Crippen LogP) is 0.326. The second-order valence-corrected chi connectivity index (χ2v) is 2.97. The van der Waals surface area contributed by atoms with Crippen molar-refractivity contribution in [3.8, 4) is 0 Å². The molecule has 0 saturated carbocycles. The molecule has 14 heavy (non-hydrogen) atoms. The Morgan fingerprint density at radius 2 is 0.786 bits per heavy atom. The molecule has 0 fully saturated rings. The van der Waals surface area contributed by atoms with Crippen LogP contribution in [0.2, 0.25) is 0 Å². The molecule has 0 aliphatic carbocycles. The fraction of sp³-hybridized carbons (Fsp3) is 0.556. The SMILES string of the molecule is CC(=O)C(C(C)=O)(C(C)=O)C(C)=O.[Ni]. The van der Waals surface area contributed by atoms with Crippen LogP contribution in [0.5, 0.6) is 0 Å². The summed E-state index contributed by atoms with van der Waals surface area (Å²) in [5, 5.41) is 0. The molecule has 0 aromatic carbocycles. The zero-order chi connectivity index (χ0) is 10.8. The molecule has 4 nitrogen and oxygen atoms in total. The maximum absolute atomic E-state index is 11.1. The third kappa shape index (κ3) is 2.15. The van der Waals surface area contributed by atoms with Gasteiger partial charge in [-0.05, 0) is 27.7 Å². The van der Waals surface area contributed by atoms with E-state index in [-0.39, 0.29) is 16.5 Å². The Kier molecular flexibility index (Phi) is 5.76. The second-order valence-electron chi connectivity index (χ2n) is 2.97. The molecule has 0 rings (SSSR count). The van der Waals surface area contributed by atoms with Crippen LogP contribution < -0.4 is 0 Å². The maximum atomic E-state index is 11.1. The number of carbonyl (C=O) groups excluding carboxylic acids is 4. The van der Waals surface area contributed by atoms with Gasteiger partial charge in [-0.2, -0.15) is 0 Å². The molecule has 5 heteroatoms. The van der Waals surface area contributed by atoms with Crippen molar-refractivity contribution in [3.63, 3.8) is 0 Å². The first-order valence-corrected chi connectivity index (χ1v) is 3.82. The zero-order valence-corrected chi connectivity index (χ0v) is 9.44. The van der Waals surface area contributed by atoms with Crippen molar-refractivity contribution >= 4 is 23.1 Å². The van der Waals surface area contributed by atoms with Crippen molar-refractivity contribution in [1.29, 1.82) is 0 Å². The van der Waals surface area contributed by atoms with Gasteiger partial charge in [-0.3, -0.25) is 19.2 Å². The summed E-state index contributed by atoms with van der Waals surface area (Å²) in [6.07, 6.45) is 0. The number of hydrogen-bond acceptors (Lipinski definition) is 4. The maximum Gasteiger partial charge on any atom is 0.202 e. The van der Waals surface area contributed by atoms with Crippen LogP contribution in [0.15, 0.2) is 0 Å². The van der Waals surface area contributed by atoms with Gasteiger partial charge in [0.05, 0.1) is 0 Å². The van der Waals surface area contributed by atoms with E-state index in [0.717, 1.165) is 27.7 Å². The van der Waals surface area contributed by atoms with E-state index >= 15 is 0 Å². The minimum absolute atomic E-state index is 0. The summed E-state index contributed by atoms with van der Waals surface area (Å²) in [4.78, 5) is 44.5. The summed E-state index contributed by atoms with van der Waals surface area (Å²) in [6.45, 7) is 4.29. The van der Waals surface area contributed by atoms with Gasteiger partial charge in [0, 0.05) is 16.5 Å². The Morgan fingerprint density at radius 3 is 0.786 bits per heavy atom. The minimum Gasteiger partial charge on any atom is -0.298 e. The molecule has 0 heterocycles. The second kappa shape index (κ2) is 5.15. The summed E-state index contributed by atoms with van der Waals surface area (Å²) >= 11 is 0. The monoisotopic (exact) mass is 242 g/mol. The Balaban J connectivity index is 0. The van der Waals surface area contributed by atoms with Crippen molar-refractivity contribution in [3.05, 3.63) is 0 Å². The molecule has 82 valence electrons. The molecule has 0 radical (unpaired) electrons. The van der Waals surface area contributed by atoms with Gasteiger partial charge < -0.3 is 0 Å². The van der Waals surface area contributed by atoms with Gasteiger partial charge in [0.15, 0.2) is 23.1 Å². The molecule has 0 bridgehead atoms. The molecular formula is C9H12NiO4. The van der Waals surface area contributed by atoms with E-state index < -0.39 is 28.5 Å². The van der Waals surface area contributed by atoms with Crippen molar-refractivity contribution in [2.75, 3.05) is 0 Å². The number of carbonyl (C=O) groups is 4. The van der Waals surface area contributed by atoms with Crippen LogP contribution in [0.25, 0.3) is 0 Å². The standard InChI is InChI=1S/C9H12O4.Ni/c1-5(10)9(6(2)11,7(3)12)8(4)13;/h1-4H3;. The van der Waals surface area contributed by atoms with Crippen LogP contribution in [0, 0.1) is 5.41 Å². The molecule has 0 saturated heterocycles. The molecule has 0 N–H and O–H groups in total. The van der Waals surface area contributed by atoms with Gasteiger partial charge in [-0.25, -0.2) is 0 Å². The van der Waals surface area contributed by atoms with E-state index in [1.807, 2.05) is 0 Å². The average molecular weight is 243 g/mol. The van der Waals surface area contributed by atoms with Crippen molar-refractivity contribution < 1.29 is 35.7 Å². The van der Waals surface area contributed by atoms with Crippen LogP contribution in [0.4, 0.5) is 0 Å². The number of hydrogen-bond donors (Lipinski definition) is 0. The first-order chi connectivity index (χ1) is 5.77. The fourth-order valence-corrected chi connectivity index (χ4v) is 1.49. The van der Waals surface area contributed by atoms with E-state index in [2.05, 4.69) is 0 Å². The molecule has 0 unspecified atom stereocenters. The van der Waals surface area contributed by atoms with Gasteiger partial charge >= 0.3 is 0 Å². The number of Topliss-reactive ketones (excluding diaryl/α,β-unsaturated/α-hetero) is 4. The van der Waals surface area contributed by atoms with E-state index in [0.29, 0.717) is 0 Å². The smallest absolute Gasteiger partial charge is 0.202 e. The topological polar surface area (TPSA) is 68.3 Å². The van der Waals surface area contributed by atoms with E-state index in [1.165, 1.54) is 0 Å². The van der Waals surface area contributed by atoms with Gasteiger partial charge in [0.2, 0.25) is 5.41 Å². The fourth-order valence-electron chi connectivity index (χ4n) is 1.49. The van der Waals surface area contributed by atoms with Gasteiger partial charge in [-0.1, -0.05) is 0 Å². The third-order valence-corrected chi connectivity index (χ3v) is 2.11. The molecular weight excluding hydrogens is 231 g/mol.